The zero-order valence-corrected chi connectivity index (χ0v) is 9.07. The van der Waals surface area contributed by atoms with Gasteiger partial charge in [-0.2, -0.15) is 0 Å². The minimum Gasteiger partial charge on any atom is -0.452 e. The Morgan fingerprint density at radius 2 is 2.27 bits per heavy atom. The Bertz CT molecular complexity index is 276. The predicted molar refractivity (Wildman–Crippen MR) is 51.4 cm³/mol. The van der Waals surface area contributed by atoms with Crippen molar-refractivity contribution in [3.63, 3.8) is 0 Å². The highest BCUT2D eigenvalue weighted by Crippen LogP contribution is 2.30. The van der Waals surface area contributed by atoms with Crippen LogP contribution in [0.1, 0.15) is 18.6 Å². The Morgan fingerprint density at radius 3 is 2.64 bits per heavy atom. The summed E-state index contributed by atoms with van der Waals surface area (Å²) in [6.45, 7) is 1.91. The largest absolute Gasteiger partial charge is 0.452 e. The number of halogens is 2. The average Bonchev–Trinajstić information content (AvgIpc) is 2.31. The summed E-state index contributed by atoms with van der Waals surface area (Å²) in [5, 5.41) is 0. The lowest BCUT2D eigenvalue weighted by Crippen LogP contribution is -1.83. The van der Waals surface area contributed by atoms with Crippen LogP contribution >= 0.6 is 31.9 Å². The van der Waals surface area contributed by atoms with E-state index in [1.807, 2.05) is 13.0 Å². The molecule has 0 aliphatic carbocycles. The maximum Gasteiger partial charge on any atom is 0.183 e. The van der Waals surface area contributed by atoms with Gasteiger partial charge in [0.1, 0.15) is 5.76 Å². The number of hydrogen-bond donors (Lipinski definition) is 0. The molecule has 0 aromatic carbocycles. The molecule has 1 aromatic heterocycles. The van der Waals surface area contributed by atoms with Crippen molar-refractivity contribution in [2.45, 2.75) is 12.8 Å². The monoisotopic (exact) mass is 276 g/mol. The van der Waals surface area contributed by atoms with E-state index in [0.29, 0.717) is 4.67 Å². The maximum atomic E-state index is 5.29. The number of rotatable bonds is 1. The molecular weight excluding hydrogens is 272 g/mol. The molecule has 0 fully saturated rings. The summed E-state index contributed by atoms with van der Waals surface area (Å²) in [5.41, 5.74) is 0. The standard InChI is InChI=1S/C8H6Br2O/c1-3-5(2)7-4-6(9)8(10)11-7/h1,4-5H,2H3. The van der Waals surface area contributed by atoms with Gasteiger partial charge in [0.2, 0.25) is 0 Å². The van der Waals surface area contributed by atoms with Crippen molar-refractivity contribution in [1.29, 1.82) is 0 Å². The normalized spacial score (nSPS) is 12.5. The molecule has 1 nitrogen and oxygen atoms in total. The molecule has 0 N–H and O–H groups in total. The smallest absolute Gasteiger partial charge is 0.183 e. The molecule has 0 bridgehead atoms. The van der Waals surface area contributed by atoms with Crippen LogP contribution < -0.4 is 0 Å². The van der Waals surface area contributed by atoms with E-state index in [-0.39, 0.29) is 5.92 Å². The van der Waals surface area contributed by atoms with Crippen molar-refractivity contribution < 1.29 is 4.42 Å². The fraction of sp³-hybridized carbons (Fsp3) is 0.250. The third-order valence-electron chi connectivity index (χ3n) is 1.34. The lowest BCUT2D eigenvalue weighted by atomic mass is 10.1. The molecule has 11 heavy (non-hydrogen) atoms. The zero-order chi connectivity index (χ0) is 8.43. The first-order valence-corrected chi connectivity index (χ1v) is 4.64. The van der Waals surface area contributed by atoms with Gasteiger partial charge in [-0.3, -0.25) is 0 Å². The Labute approximate surface area is 82.4 Å². The molecule has 0 saturated heterocycles. The third kappa shape index (κ3) is 1.88. The van der Waals surface area contributed by atoms with Gasteiger partial charge >= 0.3 is 0 Å². The highest BCUT2D eigenvalue weighted by Gasteiger charge is 2.10. The molecule has 1 atom stereocenters. The minimum absolute atomic E-state index is 0.0256. The van der Waals surface area contributed by atoms with Crippen molar-refractivity contribution in [2.24, 2.45) is 0 Å². The van der Waals surface area contributed by atoms with Gasteiger partial charge in [-0.1, -0.05) is 5.92 Å². The van der Waals surface area contributed by atoms with E-state index < -0.39 is 0 Å². The first kappa shape index (κ1) is 8.89. The Kier molecular flexibility index (Phi) is 2.80. The van der Waals surface area contributed by atoms with E-state index in [2.05, 4.69) is 37.8 Å². The fourth-order valence-corrected chi connectivity index (χ4v) is 1.27. The van der Waals surface area contributed by atoms with Gasteiger partial charge in [-0.05, 0) is 44.8 Å². The molecule has 58 valence electrons. The number of terminal acetylenes is 1. The quantitative estimate of drug-likeness (QED) is 0.716. The molecule has 0 spiro atoms. The summed E-state index contributed by atoms with van der Waals surface area (Å²) in [4.78, 5) is 0. The lowest BCUT2D eigenvalue weighted by Gasteiger charge is -1.95. The van der Waals surface area contributed by atoms with E-state index in [1.165, 1.54) is 0 Å². The second kappa shape index (κ2) is 3.46. The van der Waals surface area contributed by atoms with E-state index in [1.54, 1.807) is 0 Å². The Balaban J connectivity index is 2.99. The molecule has 0 amide bonds. The Morgan fingerprint density at radius 1 is 1.64 bits per heavy atom. The van der Waals surface area contributed by atoms with Crippen LogP contribution in [0.15, 0.2) is 19.6 Å². The van der Waals surface area contributed by atoms with Gasteiger partial charge in [0, 0.05) is 0 Å². The van der Waals surface area contributed by atoms with Gasteiger partial charge in [-0.25, -0.2) is 0 Å². The van der Waals surface area contributed by atoms with E-state index in [4.69, 9.17) is 10.8 Å². The zero-order valence-electron chi connectivity index (χ0n) is 5.90. The first-order valence-electron chi connectivity index (χ1n) is 3.06. The lowest BCUT2D eigenvalue weighted by molar-refractivity contribution is 0.481. The van der Waals surface area contributed by atoms with Crippen LogP contribution in [0.25, 0.3) is 0 Å². The van der Waals surface area contributed by atoms with Crippen molar-refractivity contribution in [1.82, 2.24) is 0 Å². The summed E-state index contributed by atoms with van der Waals surface area (Å²) in [6, 6.07) is 1.87. The molecule has 1 aromatic rings. The SMILES string of the molecule is C#CC(C)c1cc(Br)c(Br)o1. The molecule has 1 unspecified atom stereocenters. The Hall–Kier alpha value is -0.200. The van der Waals surface area contributed by atoms with Crippen LogP contribution in [0.2, 0.25) is 0 Å². The van der Waals surface area contributed by atoms with Crippen molar-refractivity contribution >= 4 is 31.9 Å². The van der Waals surface area contributed by atoms with Gasteiger partial charge in [-0.15, -0.1) is 6.42 Å². The third-order valence-corrected chi connectivity index (χ3v) is 3.05. The van der Waals surface area contributed by atoms with Crippen LogP contribution in [-0.2, 0) is 0 Å². The number of hydrogen-bond acceptors (Lipinski definition) is 1. The van der Waals surface area contributed by atoms with Crippen LogP contribution in [0.4, 0.5) is 0 Å². The van der Waals surface area contributed by atoms with Gasteiger partial charge < -0.3 is 4.42 Å². The van der Waals surface area contributed by atoms with Gasteiger partial charge in [0.05, 0.1) is 10.4 Å². The average molecular weight is 278 g/mol. The molecule has 0 radical (unpaired) electrons. The molecule has 0 saturated carbocycles. The molecular formula is C8H6Br2O. The summed E-state index contributed by atoms with van der Waals surface area (Å²) in [6.07, 6.45) is 5.22. The molecule has 0 aliphatic rings. The number of furan rings is 1. The summed E-state index contributed by atoms with van der Waals surface area (Å²) < 4.78 is 6.88. The molecule has 3 heteroatoms. The van der Waals surface area contributed by atoms with Crippen LogP contribution in [0.5, 0.6) is 0 Å². The summed E-state index contributed by atoms with van der Waals surface area (Å²) >= 11 is 6.54. The van der Waals surface area contributed by atoms with Crippen LogP contribution in [0.3, 0.4) is 0 Å². The van der Waals surface area contributed by atoms with Crippen molar-refractivity contribution in [3.05, 3.63) is 21.0 Å². The predicted octanol–water partition coefficient (Wildman–Crippen LogP) is 3.54. The second-order valence-electron chi connectivity index (χ2n) is 2.16. The van der Waals surface area contributed by atoms with E-state index in [9.17, 15) is 0 Å². The van der Waals surface area contributed by atoms with Crippen molar-refractivity contribution in [3.8, 4) is 12.3 Å². The second-order valence-corrected chi connectivity index (χ2v) is 3.73. The fourth-order valence-electron chi connectivity index (χ4n) is 0.659. The van der Waals surface area contributed by atoms with Crippen LogP contribution in [-0.4, -0.2) is 0 Å². The van der Waals surface area contributed by atoms with Crippen molar-refractivity contribution in [2.75, 3.05) is 0 Å². The van der Waals surface area contributed by atoms with Crippen LogP contribution in [0, 0.1) is 12.3 Å². The highest BCUT2D eigenvalue weighted by molar-refractivity contribution is 9.13. The maximum absolute atomic E-state index is 5.29. The summed E-state index contributed by atoms with van der Waals surface area (Å²) in [7, 11) is 0. The summed E-state index contributed by atoms with van der Waals surface area (Å²) in [5.74, 6) is 3.41. The minimum atomic E-state index is 0.0256. The topological polar surface area (TPSA) is 13.1 Å². The first-order chi connectivity index (χ1) is 5.15. The molecule has 1 heterocycles. The highest BCUT2D eigenvalue weighted by atomic mass is 79.9. The van der Waals surface area contributed by atoms with Gasteiger partial charge in [0.25, 0.3) is 0 Å². The van der Waals surface area contributed by atoms with Gasteiger partial charge in [0.15, 0.2) is 4.67 Å². The van der Waals surface area contributed by atoms with E-state index >= 15 is 0 Å². The van der Waals surface area contributed by atoms with E-state index in [0.717, 1.165) is 10.2 Å². The molecule has 0 aliphatic heterocycles. The molecule has 1 rings (SSSR count).